The summed E-state index contributed by atoms with van der Waals surface area (Å²) in [4.78, 5) is 18.4. The summed E-state index contributed by atoms with van der Waals surface area (Å²) in [5.74, 6) is -3.55. The number of rotatable bonds is 9. The molecule has 5 rings (SSSR count). The van der Waals surface area contributed by atoms with Gasteiger partial charge >= 0.3 is 304 Å². The Bertz CT molecular complexity index is 2130. The van der Waals surface area contributed by atoms with Crippen molar-refractivity contribution < 1.29 is 49.7 Å². The van der Waals surface area contributed by atoms with Gasteiger partial charge in [0.05, 0.1) is 0 Å². The van der Waals surface area contributed by atoms with Gasteiger partial charge in [0.25, 0.3) is 0 Å². The average Bonchev–Trinajstić information content (AvgIpc) is 3.78. The van der Waals surface area contributed by atoms with Gasteiger partial charge in [-0.3, -0.25) is 0 Å². The van der Waals surface area contributed by atoms with E-state index < -0.39 is 67.4 Å². The van der Waals surface area contributed by atoms with Crippen molar-refractivity contribution in [2.75, 3.05) is 5.32 Å². The van der Waals surface area contributed by atoms with Crippen LogP contribution in [0.5, 0.6) is 0 Å². The molecule has 0 fully saturated rings. The van der Waals surface area contributed by atoms with Gasteiger partial charge in [0.1, 0.15) is 0 Å². The molecule has 0 spiro atoms. The van der Waals surface area contributed by atoms with Crippen LogP contribution in [0.15, 0.2) is 83.8 Å². The number of hydrogen-bond donors (Lipinski definition) is 3. The number of nitrogens with one attached hydrogen (secondary N) is 3. The van der Waals surface area contributed by atoms with Gasteiger partial charge in [0, 0.05) is 0 Å². The average molecular weight is 927 g/mol. The zero-order chi connectivity index (χ0) is 39.4. The van der Waals surface area contributed by atoms with Crippen LogP contribution in [0.4, 0.5) is 32.0 Å². The Balaban J connectivity index is 2.33. The molecule has 3 aromatic carbocycles. The zero-order valence-electron chi connectivity index (χ0n) is 31.1. The molecule has 2 aromatic heterocycles. The maximum atomic E-state index is 18.3. The number of carbonyl (C=O) groups is 1. The molecule has 13 heteroatoms. The zero-order valence-corrected chi connectivity index (χ0v) is 33.3. The van der Waals surface area contributed by atoms with Crippen molar-refractivity contribution >= 4 is 22.9 Å². The molecule has 0 saturated heterocycles. The molecule has 292 valence electrons. The van der Waals surface area contributed by atoms with Crippen LogP contribution < -0.4 is 16.7 Å². The van der Waals surface area contributed by atoms with Crippen molar-refractivity contribution in [2.45, 2.75) is 94.8 Å². The van der Waals surface area contributed by atoms with E-state index in [2.05, 4.69) is 20.4 Å². The Labute approximate surface area is 303 Å². The van der Waals surface area contributed by atoms with Crippen LogP contribution in [0.3, 0.4) is 0 Å². The molecule has 5 aromatic rings. The molecule has 0 unspecified atom stereocenters. The number of anilines is 1. The standard InChI is InChI=1S/2C12H17.C11H9N2O2.C3H4N2.2CF3.Au/c2*1-9(2)11-6-5-7-12(8-11)10(3)4;1-8-10(7-12-15-8)11(14)13-9-5-3-2-4-6-9;1-2-5-3-4-1;2*2-1(3)4;/h2*5-7,9-10H,1-4H3;3-7H,1H3,(H,13,14);1-2,4-5H;;;. The number of benzene rings is 3. The van der Waals surface area contributed by atoms with E-state index >= 15 is 26.3 Å². The van der Waals surface area contributed by atoms with Crippen LogP contribution in [-0.2, 0) is 14.0 Å². The summed E-state index contributed by atoms with van der Waals surface area (Å²) < 4.78 is 99.5. The summed E-state index contributed by atoms with van der Waals surface area (Å²) in [6.07, 6.45) is 3.39. The molecule has 0 atom stereocenters. The van der Waals surface area contributed by atoms with E-state index in [0.717, 1.165) is 36.7 Å². The van der Waals surface area contributed by atoms with Gasteiger partial charge in [-0.2, -0.15) is 0 Å². The van der Waals surface area contributed by atoms with Gasteiger partial charge < -0.3 is 0 Å². The van der Waals surface area contributed by atoms with Gasteiger partial charge in [-0.05, 0) is 0 Å². The third-order valence-electron chi connectivity index (χ3n) is 9.49. The number of amides is 1. The fourth-order valence-corrected chi connectivity index (χ4v) is 29.8. The third kappa shape index (κ3) is 4.80. The van der Waals surface area contributed by atoms with Crippen molar-refractivity contribution in [3.63, 3.8) is 0 Å². The summed E-state index contributed by atoms with van der Waals surface area (Å²) >= 11 is -9.94. The molecule has 0 saturated carbocycles. The van der Waals surface area contributed by atoms with Crippen LogP contribution in [0.25, 0.3) is 0 Å². The third-order valence-corrected chi connectivity index (χ3v) is 30.7. The molecule has 2 heterocycles. The number of alkyl halides is 6. The van der Waals surface area contributed by atoms with Crippen molar-refractivity contribution in [3.8, 4) is 0 Å². The van der Waals surface area contributed by atoms with E-state index in [0.29, 0.717) is 0 Å². The van der Waals surface area contributed by atoms with Crippen molar-refractivity contribution in [1.29, 1.82) is 0 Å². The Kier molecular flexibility index (Phi) is 10.1. The van der Waals surface area contributed by atoms with Gasteiger partial charge in [-0.25, -0.2) is 0 Å². The van der Waals surface area contributed by atoms with Crippen LogP contribution in [0, 0.1) is 10.6 Å². The molecule has 0 aliphatic rings. The van der Waals surface area contributed by atoms with Gasteiger partial charge in [0.15, 0.2) is 0 Å². The maximum absolute atomic E-state index is 18.3. The fraction of sp³-hybridized carbons (Fsp3) is 0.375. The molecular formula is C40H47AuF6N4O2. The van der Waals surface area contributed by atoms with E-state index in [1.54, 1.807) is 67.5 Å². The Morgan fingerprint density at radius 3 is 1.40 bits per heavy atom. The number of H-pyrrole nitrogens is 2. The molecule has 3 N–H and O–H groups in total. The monoisotopic (exact) mass is 926 g/mol. The van der Waals surface area contributed by atoms with E-state index in [9.17, 15) is 4.79 Å². The molecular weight excluding hydrogens is 879 g/mol. The van der Waals surface area contributed by atoms with Crippen LogP contribution in [0.2, 0.25) is 0 Å². The predicted octanol–water partition coefficient (Wildman–Crippen LogP) is 10.2. The normalized spacial score (nSPS) is 14.2. The molecule has 1 amide bonds. The second kappa shape index (κ2) is 13.3. The van der Waals surface area contributed by atoms with Crippen molar-refractivity contribution in [3.05, 3.63) is 116 Å². The Morgan fingerprint density at radius 2 is 1.08 bits per heavy atom. The number of aromatic nitrogens is 3. The number of imidazole rings is 1. The number of nitrogens with zero attached hydrogens (tertiary/aromatic N) is 1. The van der Waals surface area contributed by atoms with Gasteiger partial charge in [-0.15, -0.1) is 0 Å². The minimum atomic E-state index is -9.94. The first-order valence-electron chi connectivity index (χ1n) is 17.2. The molecule has 0 radical (unpaired) electrons. The first kappa shape index (κ1) is 40.1. The summed E-state index contributed by atoms with van der Waals surface area (Å²) in [6.45, 7) is 14.5. The molecule has 6 nitrogen and oxygen atoms in total. The number of aromatic amines is 2. The molecule has 0 bridgehead atoms. The van der Waals surface area contributed by atoms with Crippen LogP contribution >= 0.6 is 0 Å². The number of carbonyl (C=O) groups excluding carboxylic acids is 1. The summed E-state index contributed by atoms with van der Waals surface area (Å²) in [7, 11) is 0. The van der Waals surface area contributed by atoms with E-state index in [1.807, 2.05) is 0 Å². The number of halogens is 6. The minimum absolute atomic E-state index is 0.0124. The summed E-state index contributed by atoms with van der Waals surface area (Å²) in [5.41, 5.74) is -0.154. The van der Waals surface area contributed by atoms with Crippen molar-refractivity contribution in [1.82, 2.24) is 15.1 Å². The topological polar surface area (TPSA) is 86.7 Å². The van der Waals surface area contributed by atoms with E-state index in [1.165, 1.54) is 37.4 Å². The van der Waals surface area contributed by atoms with Gasteiger partial charge in [-0.1, -0.05) is 0 Å². The fourth-order valence-electron chi connectivity index (χ4n) is 6.93. The quantitative estimate of drug-likeness (QED) is 0.102. The van der Waals surface area contributed by atoms with E-state index in [-0.39, 0.29) is 39.3 Å². The predicted molar refractivity (Wildman–Crippen MR) is 194 cm³/mol. The number of aryl methyl sites for hydroxylation is 1. The molecule has 53 heavy (non-hydrogen) atoms. The Morgan fingerprint density at radius 1 is 0.679 bits per heavy atom. The second-order valence-electron chi connectivity index (χ2n) is 14.1. The Hall–Kier alpha value is -4.13. The summed E-state index contributed by atoms with van der Waals surface area (Å²) in [5, 5.41) is 6.20. The van der Waals surface area contributed by atoms with Crippen LogP contribution in [0.1, 0.15) is 117 Å². The van der Waals surface area contributed by atoms with Gasteiger partial charge in [0.2, 0.25) is 0 Å². The second-order valence-corrected chi connectivity index (χ2v) is 29.1. The number of hydrogen-bond acceptors (Lipinski definition) is 3. The first-order chi connectivity index (χ1) is 24.7. The molecule has 0 aliphatic heterocycles. The SMILES string of the molecule is Cc1oncc1C(=O)Nc1cc[c]([Au]([c]2c(C(C)C)cccc2C(C)C)([c]2c(C(C)C)cccc2C(C)C)(=[c]2[nH]cc[nH]2)([C](F)(F)F)[C](F)(F)F)cc1. The van der Waals surface area contributed by atoms with E-state index in [4.69, 9.17) is 4.52 Å². The van der Waals surface area contributed by atoms with Crippen molar-refractivity contribution in [2.24, 2.45) is 0 Å². The molecule has 0 aliphatic carbocycles. The van der Waals surface area contributed by atoms with Crippen LogP contribution in [-0.4, -0.2) is 29.8 Å². The summed E-state index contributed by atoms with van der Waals surface area (Å²) in [6, 6.07) is 12.9. The first-order valence-corrected chi connectivity index (χ1v) is 23.7.